The average molecular weight is 359 g/mol. The minimum atomic E-state index is -3.65. The summed E-state index contributed by atoms with van der Waals surface area (Å²) in [5.41, 5.74) is 1.36. The molecule has 132 valence electrons. The van der Waals surface area contributed by atoms with Crippen LogP contribution in [0, 0.1) is 0 Å². The van der Waals surface area contributed by atoms with E-state index in [1.807, 2.05) is 30.3 Å². The van der Waals surface area contributed by atoms with Crippen LogP contribution in [0.2, 0.25) is 0 Å². The summed E-state index contributed by atoms with van der Waals surface area (Å²) in [5.74, 6) is -0.542. The van der Waals surface area contributed by atoms with Gasteiger partial charge in [-0.05, 0) is 43.0 Å². The number of methoxy groups -OCH3 is 1. The molecule has 1 aliphatic rings. The molecule has 0 amide bonds. The molecule has 0 N–H and O–H groups in total. The molecule has 6 heteroatoms. The van der Waals surface area contributed by atoms with Crippen molar-refractivity contribution >= 4 is 16.0 Å². The van der Waals surface area contributed by atoms with Gasteiger partial charge in [0.05, 0.1) is 17.6 Å². The fourth-order valence-corrected chi connectivity index (χ4v) is 4.99. The number of ether oxygens (including phenoxy) is 1. The first-order valence-corrected chi connectivity index (χ1v) is 9.70. The van der Waals surface area contributed by atoms with E-state index < -0.39 is 16.0 Å². The molecule has 0 saturated carbocycles. The maximum atomic E-state index is 13.1. The van der Waals surface area contributed by atoms with Gasteiger partial charge in [-0.1, -0.05) is 36.4 Å². The molecule has 0 aliphatic carbocycles. The predicted octanol–water partition coefficient (Wildman–Crippen LogP) is 2.87. The highest BCUT2D eigenvalue weighted by Gasteiger charge is 2.35. The van der Waals surface area contributed by atoms with Crippen molar-refractivity contribution < 1.29 is 17.9 Å². The van der Waals surface area contributed by atoms with Gasteiger partial charge in [0, 0.05) is 12.6 Å². The molecule has 2 aromatic carbocycles. The number of nitrogens with zero attached hydrogens (tertiary/aromatic N) is 1. The number of carbonyl (C=O) groups is 1. The molecular weight excluding hydrogens is 338 g/mol. The molecule has 0 aromatic heterocycles. The van der Waals surface area contributed by atoms with Gasteiger partial charge in [-0.15, -0.1) is 0 Å². The van der Waals surface area contributed by atoms with Crippen molar-refractivity contribution in [3.63, 3.8) is 0 Å². The van der Waals surface area contributed by atoms with E-state index in [0.717, 1.165) is 18.4 Å². The molecule has 5 nitrogen and oxygen atoms in total. The lowest BCUT2D eigenvalue weighted by atomic mass is 10.1. The Hall–Kier alpha value is -2.18. The predicted molar refractivity (Wildman–Crippen MR) is 94.8 cm³/mol. The Morgan fingerprint density at radius 3 is 2.64 bits per heavy atom. The Morgan fingerprint density at radius 1 is 1.16 bits per heavy atom. The first-order chi connectivity index (χ1) is 12.0. The Labute approximate surface area is 148 Å². The minimum absolute atomic E-state index is 0.0609. The standard InChI is InChI=1S/C19H21NO4S/c1-24-19(21)16-9-5-11-18(14-16)25(22,23)20-12-6-10-17(20)13-15-7-3-2-4-8-15/h2-5,7-9,11,14,17H,6,10,12-13H2,1H3. The number of carbonyl (C=O) groups excluding carboxylic acids is 1. The largest absolute Gasteiger partial charge is 0.465 e. The highest BCUT2D eigenvalue weighted by atomic mass is 32.2. The Balaban J connectivity index is 1.87. The Morgan fingerprint density at radius 2 is 1.92 bits per heavy atom. The summed E-state index contributed by atoms with van der Waals surface area (Å²) in [5, 5.41) is 0. The zero-order chi connectivity index (χ0) is 17.9. The van der Waals surface area contributed by atoms with E-state index in [2.05, 4.69) is 4.74 Å². The number of hydrogen-bond donors (Lipinski definition) is 0. The first kappa shape index (κ1) is 17.6. The second-order valence-corrected chi connectivity index (χ2v) is 8.01. The van der Waals surface area contributed by atoms with Crippen LogP contribution in [0.15, 0.2) is 59.5 Å². The summed E-state index contributed by atoms with van der Waals surface area (Å²) in [6.45, 7) is 0.502. The lowest BCUT2D eigenvalue weighted by Gasteiger charge is -2.24. The van der Waals surface area contributed by atoms with Crippen molar-refractivity contribution in [2.24, 2.45) is 0 Å². The van der Waals surface area contributed by atoms with Crippen molar-refractivity contribution in [3.05, 3.63) is 65.7 Å². The molecule has 1 unspecified atom stereocenters. The summed E-state index contributed by atoms with van der Waals surface area (Å²) in [4.78, 5) is 11.8. The molecule has 0 radical (unpaired) electrons. The van der Waals surface area contributed by atoms with Crippen LogP contribution in [0.5, 0.6) is 0 Å². The highest BCUT2D eigenvalue weighted by Crippen LogP contribution is 2.28. The maximum absolute atomic E-state index is 13.1. The monoisotopic (exact) mass is 359 g/mol. The molecule has 0 bridgehead atoms. The van der Waals surface area contributed by atoms with Gasteiger partial charge in [0.2, 0.25) is 10.0 Å². The van der Waals surface area contributed by atoms with Gasteiger partial charge in [-0.25, -0.2) is 13.2 Å². The Bertz CT molecular complexity index is 849. The van der Waals surface area contributed by atoms with E-state index in [9.17, 15) is 13.2 Å². The van der Waals surface area contributed by atoms with Gasteiger partial charge in [0.25, 0.3) is 0 Å². The number of esters is 1. The summed E-state index contributed by atoms with van der Waals surface area (Å²) in [6, 6.07) is 15.9. The van der Waals surface area contributed by atoms with E-state index in [1.165, 1.54) is 19.2 Å². The van der Waals surface area contributed by atoms with Crippen molar-refractivity contribution in [2.75, 3.05) is 13.7 Å². The fourth-order valence-electron chi connectivity index (χ4n) is 3.25. The molecule has 3 rings (SSSR count). The van der Waals surface area contributed by atoms with Crippen LogP contribution in [0.3, 0.4) is 0 Å². The number of benzene rings is 2. The van der Waals surface area contributed by atoms with E-state index >= 15 is 0 Å². The number of sulfonamides is 1. The zero-order valence-corrected chi connectivity index (χ0v) is 14.9. The van der Waals surface area contributed by atoms with E-state index in [4.69, 9.17) is 0 Å². The van der Waals surface area contributed by atoms with Gasteiger partial charge in [0.15, 0.2) is 0 Å². The number of rotatable bonds is 5. The molecule has 1 fully saturated rings. The highest BCUT2D eigenvalue weighted by molar-refractivity contribution is 7.89. The maximum Gasteiger partial charge on any atom is 0.337 e. The van der Waals surface area contributed by atoms with Crippen LogP contribution in [0.1, 0.15) is 28.8 Å². The van der Waals surface area contributed by atoms with Crippen LogP contribution >= 0.6 is 0 Å². The van der Waals surface area contributed by atoms with Crippen LogP contribution in [-0.2, 0) is 21.2 Å². The molecule has 2 aromatic rings. The molecule has 1 aliphatic heterocycles. The molecule has 1 atom stereocenters. The normalized spacial score (nSPS) is 18.2. The lowest BCUT2D eigenvalue weighted by molar-refractivity contribution is 0.0600. The van der Waals surface area contributed by atoms with Gasteiger partial charge >= 0.3 is 5.97 Å². The lowest BCUT2D eigenvalue weighted by Crippen LogP contribution is -2.36. The summed E-state index contributed by atoms with van der Waals surface area (Å²) < 4.78 is 32.4. The fraction of sp³-hybridized carbons (Fsp3) is 0.316. The van der Waals surface area contributed by atoms with Crippen LogP contribution in [0.25, 0.3) is 0 Å². The second kappa shape index (κ2) is 7.37. The van der Waals surface area contributed by atoms with Crippen molar-refractivity contribution in [2.45, 2.75) is 30.2 Å². The molecule has 25 heavy (non-hydrogen) atoms. The molecule has 1 saturated heterocycles. The van der Waals surface area contributed by atoms with Gasteiger partial charge in [-0.2, -0.15) is 4.31 Å². The summed E-state index contributed by atoms with van der Waals surface area (Å²) in [7, 11) is -2.37. The molecule has 0 spiro atoms. The average Bonchev–Trinajstić information content (AvgIpc) is 3.11. The van der Waals surface area contributed by atoms with Gasteiger partial charge in [0.1, 0.15) is 0 Å². The third-order valence-corrected chi connectivity index (χ3v) is 6.45. The summed E-state index contributed by atoms with van der Waals surface area (Å²) >= 11 is 0. The third-order valence-electron chi connectivity index (χ3n) is 4.50. The van der Waals surface area contributed by atoms with E-state index in [-0.39, 0.29) is 16.5 Å². The second-order valence-electron chi connectivity index (χ2n) is 6.12. The Kier molecular flexibility index (Phi) is 5.20. The quantitative estimate of drug-likeness (QED) is 0.770. The van der Waals surface area contributed by atoms with Crippen LogP contribution < -0.4 is 0 Å². The first-order valence-electron chi connectivity index (χ1n) is 8.26. The van der Waals surface area contributed by atoms with Crippen molar-refractivity contribution in [1.29, 1.82) is 0 Å². The van der Waals surface area contributed by atoms with Crippen LogP contribution in [0.4, 0.5) is 0 Å². The molecule has 1 heterocycles. The minimum Gasteiger partial charge on any atom is -0.465 e. The van der Waals surface area contributed by atoms with Crippen LogP contribution in [-0.4, -0.2) is 38.4 Å². The number of hydrogen-bond acceptors (Lipinski definition) is 4. The molecular formula is C19H21NO4S. The van der Waals surface area contributed by atoms with Crippen molar-refractivity contribution in [1.82, 2.24) is 4.31 Å². The van der Waals surface area contributed by atoms with E-state index in [0.29, 0.717) is 13.0 Å². The SMILES string of the molecule is COC(=O)c1cccc(S(=O)(=O)N2CCCC2Cc2ccccc2)c1. The van der Waals surface area contributed by atoms with Crippen molar-refractivity contribution in [3.8, 4) is 0 Å². The topological polar surface area (TPSA) is 63.7 Å². The van der Waals surface area contributed by atoms with E-state index in [1.54, 1.807) is 16.4 Å². The van der Waals surface area contributed by atoms with Gasteiger partial charge in [-0.3, -0.25) is 0 Å². The van der Waals surface area contributed by atoms with Gasteiger partial charge < -0.3 is 4.74 Å². The summed E-state index contributed by atoms with van der Waals surface area (Å²) in [6.07, 6.45) is 2.37. The third kappa shape index (κ3) is 3.75. The zero-order valence-electron chi connectivity index (χ0n) is 14.1. The smallest absolute Gasteiger partial charge is 0.337 e.